The van der Waals surface area contributed by atoms with Crippen LogP contribution in [0.25, 0.3) is 11.4 Å². The van der Waals surface area contributed by atoms with E-state index < -0.39 is 6.04 Å². The maximum absolute atomic E-state index is 12.8. The Balaban J connectivity index is 0.00000210. The van der Waals surface area contributed by atoms with Gasteiger partial charge in [0.25, 0.3) is 0 Å². The molecule has 2 heterocycles. The second-order valence-electron chi connectivity index (χ2n) is 7.43. The van der Waals surface area contributed by atoms with Crippen molar-refractivity contribution in [1.82, 2.24) is 30.4 Å². The Kier molecular flexibility index (Phi) is 6.44. The van der Waals surface area contributed by atoms with Crippen LogP contribution in [0.3, 0.4) is 0 Å². The highest BCUT2D eigenvalue weighted by Crippen LogP contribution is 2.28. The molecule has 1 aliphatic carbocycles. The maximum Gasteiger partial charge on any atom is 0.249 e. The second-order valence-corrected chi connectivity index (χ2v) is 7.43. The number of amides is 1. The van der Waals surface area contributed by atoms with E-state index in [-0.39, 0.29) is 18.3 Å². The number of carbonyl (C=O) groups excluding carboxylic acids is 1. The molecule has 2 aliphatic rings. The second kappa shape index (κ2) is 8.80. The van der Waals surface area contributed by atoms with Gasteiger partial charge in [-0.1, -0.05) is 30.3 Å². The molecule has 146 valence electrons. The summed E-state index contributed by atoms with van der Waals surface area (Å²) in [5.74, 6) is 1.52. The largest absolute Gasteiger partial charge is 0.341 e. The lowest BCUT2D eigenvalue weighted by atomic mass is 10.0. The number of aromatic nitrogens is 4. The first-order valence-corrected chi connectivity index (χ1v) is 9.58. The zero-order valence-corrected chi connectivity index (χ0v) is 16.4. The molecule has 0 radical (unpaired) electrons. The number of halogens is 1. The molecule has 27 heavy (non-hydrogen) atoms. The highest BCUT2D eigenvalue weighted by molar-refractivity contribution is 5.85. The van der Waals surface area contributed by atoms with Crippen molar-refractivity contribution in [2.45, 2.75) is 44.7 Å². The molecule has 0 bridgehead atoms. The van der Waals surface area contributed by atoms with Crippen LogP contribution >= 0.6 is 12.4 Å². The van der Waals surface area contributed by atoms with Crippen molar-refractivity contribution in [3.05, 3.63) is 30.3 Å². The average Bonchev–Trinajstić information content (AvgIpc) is 3.40. The number of piperidine rings is 1. The van der Waals surface area contributed by atoms with Crippen molar-refractivity contribution in [3.8, 4) is 11.4 Å². The third-order valence-corrected chi connectivity index (χ3v) is 5.36. The summed E-state index contributed by atoms with van der Waals surface area (Å²) in [4.78, 5) is 16.2. The number of rotatable bonds is 6. The lowest BCUT2D eigenvalue weighted by molar-refractivity contribution is -0.136. The van der Waals surface area contributed by atoms with Crippen LogP contribution in [-0.2, 0) is 4.79 Å². The van der Waals surface area contributed by atoms with Gasteiger partial charge < -0.3 is 10.2 Å². The topological polar surface area (TPSA) is 75.9 Å². The molecule has 1 amide bonds. The lowest BCUT2D eigenvalue weighted by Gasteiger charge is -2.33. The number of likely N-dealkylation sites (tertiary alicyclic amines) is 1. The number of hydrogen-bond acceptors (Lipinski definition) is 5. The molecule has 7 nitrogen and oxygen atoms in total. The summed E-state index contributed by atoms with van der Waals surface area (Å²) in [6.07, 6.45) is 4.78. The highest BCUT2D eigenvalue weighted by Gasteiger charge is 2.29. The van der Waals surface area contributed by atoms with Crippen LogP contribution in [0.15, 0.2) is 30.3 Å². The molecule has 1 saturated carbocycles. The van der Waals surface area contributed by atoms with Crippen molar-refractivity contribution >= 4 is 18.3 Å². The molecular weight excluding hydrogens is 364 g/mol. The number of benzene rings is 1. The van der Waals surface area contributed by atoms with Gasteiger partial charge in [-0.2, -0.15) is 4.80 Å². The van der Waals surface area contributed by atoms with Crippen LogP contribution in [0.4, 0.5) is 0 Å². The summed E-state index contributed by atoms with van der Waals surface area (Å²) in [7, 11) is 0. The molecule has 8 heteroatoms. The predicted molar refractivity (Wildman–Crippen MR) is 106 cm³/mol. The minimum atomic E-state index is -0.434. The Morgan fingerprint density at radius 1 is 1.19 bits per heavy atom. The number of hydrogen-bond donors (Lipinski definition) is 1. The minimum absolute atomic E-state index is 0. The van der Waals surface area contributed by atoms with Crippen molar-refractivity contribution in [1.29, 1.82) is 0 Å². The van der Waals surface area contributed by atoms with E-state index in [9.17, 15) is 4.79 Å². The zero-order chi connectivity index (χ0) is 17.9. The monoisotopic (exact) mass is 390 g/mol. The first kappa shape index (κ1) is 19.8. The number of carbonyl (C=O) groups is 1. The normalized spacial score (nSPS) is 18.8. The fourth-order valence-electron chi connectivity index (χ4n) is 3.41. The quantitative estimate of drug-likeness (QED) is 0.819. The predicted octanol–water partition coefficient (Wildman–Crippen LogP) is 2.31. The van der Waals surface area contributed by atoms with Crippen LogP contribution in [-0.4, -0.2) is 56.7 Å². The molecule has 1 N–H and O–H groups in total. The number of tetrazole rings is 1. The molecule has 2 aromatic rings. The summed E-state index contributed by atoms with van der Waals surface area (Å²) >= 11 is 0. The van der Waals surface area contributed by atoms with Crippen molar-refractivity contribution in [2.75, 3.05) is 19.6 Å². The van der Waals surface area contributed by atoms with Gasteiger partial charge in [-0.25, -0.2) is 0 Å². The van der Waals surface area contributed by atoms with Gasteiger partial charge in [-0.05, 0) is 50.3 Å². The smallest absolute Gasteiger partial charge is 0.249 e. The third-order valence-electron chi connectivity index (χ3n) is 5.36. The first-order chi connectivity index (χ1) is 12.7. The van der Waals surface area contributed by atoms with E-state index in [0.717, 1.165) is 44.0 Å². The molecular formula is C19H27ClN6O. The summed E-state index contributed by atoms with van der Waals surface area (Å²) in [6, 6.07) is 9.81. The molecule has 2 fully saturated rings. The molecule has 1 atom stereocenters. The fourth-order valence-corrected chi connectivity index (χ4v) is 3.41. The summed E-state index contributed by atoms with van der Waals surface area (Å²) < 4.78 is 0. The Hall–Kier alpha value is -1.99. The standard InChI is InChI=1S/C19H26N6O.ClH/c1-14(25-22-18(21-23-25)16-5-3-2-4-6-16)19(26)24-11-9-17(10-12-24)20-13-15-7-8-15;/h2-6,14-15,17,20H,7-13H2,1H3;1H. The van der Waals surface area contributed by atoms with Gasteiger partial charge in [0.05, 0.1) is 0 Å². The Morgan fingerprint density at radius 3 is 2.56 bits per heavy atom. The SMILES string of the molecule is CC(C(=O)N1CCC(NCC2CC2)CC1)n1nnc(-c2ccccc2)n1.Cl. The molecule has 0 spiro atoms. The van der Waals surface area contributed by atoms with Crippen LogP contribution in [0.5, 0.6) is 0 Å². The Labute approximate surface area is 165 Å². The van der Waals surface area contributed by atoms with Crippen LogP contribution < -0.4 is 5.32 Å². The maximum atomic E-state index is 12.8. The van der Waals surface area contributed by atoms with Gasteiger partial charge in [0.2, 0.25) is 11.7 Å². The van der Waals surface area contributed by atoms with Crippen molar-refractivity contribution < 1.29 is 4.79 Å². The van der Waals surface area contributed by atoms with Gasteiger partial charge in [-0.15, -0.1) is 22.6 Å². The van der Waals surface area contributed by atoms with Crippen LogP contribution in [0.2, 0.25) is 0 Å². The fraction of sp³-hybridized carbons (Fsp3) is 0.579. The molecule has 1 aromatic carbocycles. The number of nitrogens with one attached hydrogen (secondary N) is 1. The Bertz CT molecular complexity index is 740. The number of nitrogens with zero attached hydrogens (tertiary/aromatic N) is 5. The molecule has 1 saturated heterocycles. The van der Waals surface area contributed by atoms with Crippen LogP contribution in [0, 0.1) is 5.92 Å². The van der Waals surface area contributed by atoms with E-state index in [4.69, 9.17) is 0 Å². The summed E-state index contributed by atoms with van der Waals surface area (Å²) in [5, 5.41) is 16.2. The Morgan fingerprint density at radius 2 is 1.89 bits per heavy atom. The molecule has 1 aliphatic heterocycles. The third kappa shape index (κ3) is 4.84. The highest BCUT2D eigenvalue weighted by atomic mass is 35.5. The van der Waals surface area contributed by atoms with Crippen LogP contribution in [0.1, 0.15) is 38.6 Å². The van der Waals surface area contributed by atoms with Gasteiger partial charge in [0, 0.05) is 24.7 Å². The molecule has 4 rings (SSSR count). The van der Waals surface area contributed by atoms with Crippen molar-refractivity contribution in [2.24, 2.45) is 5.92 Å². The van der Waals surface area contributed by atoms with E-state index in [2.05, 4.69) is 20.7 Å². The van der Waals surface area contributed by atoms with E-state index in [1.807, 2.05) is 42.2 Å². The van der Waals surface area contributed by atoms with Gasteiger partial charge >= 0.3 is 0 Å². The molecule has 1 aromatic heterocycles. The zero-order valence-electron chi connectivity index (χ0n) is 15.6. The molecule has 1 unspecified atom stereocenters. The van der Waals surface area contributed by atoms with Crippen molar-refractivity contribution in [3.63, 3.8) is 0 Å². The van der Waals surface area contributed by atoms with E-state index in [1.54, 1.807) is 0 Å². The summed E-state index contributed by atoms with van der Waals surface area (Å²) in [5.41, 5.74) is 0.904. The first-order valence-electron chi connectivity index (χ1n) is 9.58. The lowest BCUT2D eigenvalue weighted by Crippen LogP contribution is -2.47. The van der Waals surface area contributed by atoms with E-state index in [1.165, 1.54) is 17.6 Å². The van der Waals surface area contributed by atoms with E-state index >= 15 is 0 Å². The van der Waals surface area contributed by atoms with Gasteiger partial charge in [0.15, 0.2) is 0 Å². The van der Waals surface area contributed by atoms with E-state index in [0.29, 0.717) is 11.9 Å². The average molecular weight is 391 g/mol. The van der Waals surface area contributed by atoms with Gasteiger partial charge in [0.1, 0.15) is 6.04 Å². The minimum Gasteiger partial charge on any atom is -0.341 e. The van der Waals surface area contributed by atoms with Gasteiger partial charge in [-0.3, -0.25) is 4.79 Å². The summed E-state index contributed by atoms with van der Waals surface area (Å²) in [6.45, 7) is 4.58.